The Kier molecular flexibility index (Phi) is 3.88. The summed E-state index contributed by atoms with van der Waals surface area (Å²) in [6.45, 7) is 0.0867. The van der Waals surface area contributed by atoms with Gasteiger partial charge in [0, 0.05) is 22.2 Å². The molecule has 0 unspecified atom stereocenters. The number of halogens is 2. The van der Waals surface area contributed by atoms with Crippen LogP contribution in [0.5, 0.6) is 5.88 Å². The molecule has 0 bridgehead atoms. The molecule has 1 heterocycles. The van der Waals surface area contributed by atoms with E-state index in [1.807, 2.05) is 0 Å². The summed E-state index contributed by atoms with van der Waals surface area (Å²) < 4.78 is 5.07. The quantitative estimate of drug-likeness (QED) is 0.691. The van der Waals surface area contributed by atoms with Crippen molar-refractivity contribution in [2.24, 2.45) is 0 Å². The number of carbonyl (C=O) groups is 1. The van der Waals surface area contributed by atoms with Crippen molar-refractivity contribution >= 4 is 32.2 Å². The van der Waals surface area contributed by atoms with Crippen molar-refractivity contribution in [1.29, 1.82) is 0 Å². The molecule has 1 aromatic heterocycles. The highest BCUT2D eigenvalue weighted by Crippen LogP contribution is 2.23. The molecule has 1 N–H and O–H groups in total. The van der Waals surface area contributed by atoms with Crippen LogP contribution in [0.3, 0.4) is 0 Å². The molecule has 0 radical (unpaired) electrons. The van der Waals surface area contributed by atoms with Crippen LogP contribution in [0.25, 0.3) is 0 Å². The van der Waals surface area contributed by atoms with Gasteiger partial charge in [-0.15, -0.1) is 4.85 Å². The lowest BCUT2D eigenvalue weighted by molar-refractivity contribution is 0.109. The first kappa shape index (κ1) is 12.9. The third-order valence-electron chi connectivity index (χ3n) is 2.25. The fraction of sp³-hybridized carbons (Fsp3) is 0.0909. The SMILES string of the molecule is O=C(Br)c1cccc(Cl)c1COc1ccn(O)n1. The zero-order chi connectivity index (χ0) is 13.1. The van der Waals surface area contributed by atoms with Gasteiger partial charge in [0.2, 0.25) is 10.6 Å². The maximum Gasteiger partial charge on any atom is 0.236 e. The van der Waals surface area contributed by atoms with Crippen LogP contribution < -0.4 is 4.74 Å². The summed E-state index contributed by atoms with van der Waals surface area (Å²) in [7, 11) is 0. The van der Waals surface area contributed by atoms with Crippen LogP contribution in [-0.2, 0) is 6.61 Å². The normalized spacial score (nSPS) is 10.3. The van der Waals surface area contributed by atoms with E-state index in [1.165, 1.54) is 12.3 Å². The van der Waals surface area contributed by atoms with E-state index in [0.29, 0.717) is 21.0 Å². The third-order valence-corrected chi connectivity index (χ3v) is 3.03. The van der Waals surface area contributed by atoms with Gasteiger partial charge < -0.3 is 9.94 Å². The summed E-state index contributed by atoms with van der Waals surface area (Å²) in [5.41, 5.74) is 1.000. The van der Waals surface area contributed by atoms with Gasteiger partial charge in [-0.05, 0) is 28.1 Å². The lowest BCUT2D eigenvalue weighted by Gasteiger charge is -2.08. The van der Waals surface area contributed by atoms with Gasteiger partial charge in [0.05, 0.1) is 6.20 Å². The molecule has 94 valence electrons. The fourth-order valence-corrected chi connectivity index (χ4v) is 2.01. The van der Waals surface area contributed by atoms with E-state index in [2.05, 4.69) is 21.0 Å². The highest BCUT2D eigenvalue weighted by atomic mass is 79.9. The predicted octanol–water partition coefficient (Wildman–Crippen LogP) is 2.89. The summed E-state index contributed by atoms with van der Waals surface area (Å²) >= 11 is 8.90. The first-order valence-corrected chi connectivity index (χ1v) is 6.10. The zero-order valence-electron chi connectivity index (χ0n) is 9.01. The molecule has 0 saturated carbocycles. The third kappa shape index (κ3) is 2.83. The van der Waals surface area contributed by atoms with Gasteiger partial charge in [-0.1, -0.05) is 22.8 Å². The molecule has 2 rings (SSSR count). The van der Waals surface area contributed by atoms with Crippen LogP contribution >= 0.6 is 27.5 Å². The van der Waals surface area contributed by atoms with Crippen LogP contribution in [0.4, 0.5) is 0 Å². The highest BCUT2D eigenvalue weighted by Gasteiger charge is 2.13. The summed E-state index contributed by atoms with van der Waals surface area (Å²) in [5, 5.41) is 13.1. The molecular formula is C11H8BrClN2O3. The van der Waals surface area contributed by atoms with Gasteiger partial charge in [0.15, 0.2) is 0 Å². The maximum atomic E-state index is 11.4. The molecule has 18 heavy (non-hydrogen) atoms. The van der Waals surface area contributed by atoms with Crippen molar-refractivity contribution < 1.29 is 14.7 Å². The molecular weight excluding hydrogens is 323 g/mol. The minimum absolute atomic E-state index is 0.0867. The molecule has 0 aliphatic rings. The fourth-order valence-electron chi connectivity index (χ4n) is 1.41. The molecule has 0 saturated heterocycles. The molecule has 7 heteroatoms. The van der Waals surface area contributed by atoms with Gasteiger partial charge in [-0.3, -0.25) is 4.79 Å². The molecule has 0 amide bonds. The Morgan fingerprint density at radius 3 is 2.89 bits per heavy atom. The number of hydrogen-bond acceptors (Lipinski definition) is 4. The van der Waals surface area contributed by atoms with Crippen molar-refractivity contribution in [3.8, 4) is 5.88 Å². The van der Waals surface area contributed by atoms with Gasteiger partial charge in [0.1, 0.15) is 6.61 Å². The van der Waals surface area contributed by atoms with E-state index in [9.17, 15) is 4.79 Å². The average Bonchev–Trinajstić information content (AvgIpc) is 2.73. The number of hydrogen-bond donors (Lipinski definition) is 1. The van der Waals surface area contributed by atoms with E-state index < -0.39 is 0 Å². The van der Waals surface area contributed by atoms with Crippen LogP contribution in [0.15, 0.2) is 30.5 Å². The first-order valence-electron chi connectivity index (χ1n) is 4.93. The molecule has 0 aliphatic carbocycles. The standard InChI is InChI=1S/C11H8BrClN2O3/c12-11(16)7-2-1-3-9(13)8(7)6-18-10-4-5-15(17)14-10/h1-5,17H,6H2. The number of nitrogens with zero attached hydrogens (tertiary/aromatic N) is 2. The number of ether oxygens (including phenoxy) is 1. The van der Waals surface area contributed by atoms with E-state index in [4.69, 9.17) is 21.5 Å². The molecule has 1 aromatic carbocycles. The van der Waals surface area contributed by atoms with Crippen molar-refractivity contribution in [2.75, 3.05) is 0 Å². The van der Waals surface area contributed by atoms with Crippen molar-refractivity contribution in [3.63, 3.8) is 0 Å². The second kappa shape index (κ2) is 5.41. The molecule has 0 atom stereocenters. The van der Waals surface area contributed by atoms with Gasteiger partial charge in [0.25, 0.3) is 0 Å². The molecule has 2 aromatic rings. The van der Waals surface area contributed by atoms with E-state index in [0.717, 1.165) is 0 Å². The Morgan fingerprint density at radius 2 is 2.28 bits per heavy atom. The van der Waals surface area contributed by atoms with Gasteiger partial charge >= 0.3 is 0 Å². The summed E-state index contributed by atoms with van der Waals surface area (Å²) in [5.74, 6) is 0.241. The minimum atomic E-state index is -0.267. The molecule has 0 aliphatic heterocycles. The van der Waals surface area contributed by atoms with Crippen LogP contribution in [0.1, 0.15) is 15.9 Å². The zero-order valence-corrected chi connectivity index (χ0v) is 11.3. The highest BCUT2D eigenvalue weighted by molar-refractivity contribution is 9.18. The van der Waals surface area contributed by atoms with Crippen LogP contribution in [0.2, 0.25) is 5.02 Å². The van der Waals surface area contributed by atoms with Crippen LogP contribution in [0, 0.1) is 0 Å². The number of benzene rings is 1. The Bertz CT molecular complexity index is 585. The molecule has 5 nitrogen and oxygen atoms in total. The van der Waals surface area contributed by atoms with Gasteiger partial charge in [-0.25, -0.2) is 0 Å². The van der Waals surface area contributed by atoms with E-state index in [1.54, 1.807) is 18.2 Å². The van der Waals surface area contributed by atoms with Crippen molar-refractivity contribution in [2.45, 2.75) is 6.61 Å². The summed E-state index contributed by atoms with van der Waals surface area (Å²) in [4.78, 5) is 12.0. The summed E-state index contributed by atoms with van der Waals surface area (Å²) in [6.07, 6.45) is 1.33. The number of aromatic nitrogens is 2. The second-order valence-electron chi connectivity index (χ2n) is 3.40. The second-order valence-corrected chi connectivity index (χ2v) is 4.53. The Balaban J connectivity index is 2.20. The van der Waals surface area contributed by atoms with Crippen molar-refractivity contribution in [3.05, 3.63) is 46.6 Å². The van der Waals surface area contributed by atoms with E-state index >= 15 is 0 Å². The maximum absolute atomic E-state index is 11.4. The monoisotopic (exact) mass is 330 g/mol. The topological polar surface area (TPSA) is 64.3 Å². The van der Waals surface area contributed by atoms with Gasteiger partial charge in [-0.2, -0.15) is 0 Å². The lowest BCUT2D eigenvalue weighted by atomic mass is 10.1. The molecule has 0 spiro atoms. The summed E-state index contributed by atoms with van der Waals surface area (Å²) in [6, 6.07) is 6.49. The Labute approximate surface area is 116 Å². The number of rotatable bonds is 4. The average molecular weight is 332 g/mol. The largest absolute Gasteiger partial charge is 0.472 e. The smallest absolute Gasteiger partial charge is 0.236 e. The lowest BCUT2D eigenvalue weighted by Crippen LogP contribution is -2.04. The van der Waals surface area contributed by atoms with Crippen molar-refractivity contribution in [1.82, 2.24) is 9.94 Å². The minimum Gasteiger partial charge on any atom is -0.472 e. The Morgan fingerprint density at radius 1 is 1.50 bits per heavy atom. The number of carbonyl (C=O) groups excluding carboxylic acids is 1. The van der Waals surface area contributed by atoms with Crippen LogP contribution in [-0.4, -0.2) is 19.8 Å². The Hall–Kier alpha value is -1.53. The van der Waals surface area contributed by atoms with E-state index in [-0.39, 0.29) is 17.2 Å². The first-order chi connectivity index (χ1) is 8.58. The molecule has 0 fully saturated rings. The predicted molar refractivity (Wildman–Crippen MR) is 68.5 cm³/mol.